The van der Waals surface area contributed by atoms with Gasteiger partial charge in [-0.15, -0.1) is 0 Å². The van der Waals surface area contributed by atoms with Gasteiger partial charge in [-0.25, -0.2) is 9.59 Å². The topological polar surface area (TPSA) is 80.7 Å². The van der Waals surface area contributed by atoms with Crippen LogP contribution in [0.15, 0.2) is 24.3 Å². The molecule has 1 aromatic carbocycles. The minimum atomic E-state index is -1.53. The van der Waals surface area contributed by atoms with E-state index in [4.69, 9.17) is 5.11 Å². The molecule has 0 aliphatic rings. The fourth-order valence-corrected chi connectivity index (χ4v) is 0.999. The number of Topliss-reactive ketones (excluding diaryl/α,β-unsaturated/α-hetero) is 1. The molecule has 0 aliphatic carbocycles. The van der Waals surface area contributed by atoms with Crippen molar-refractivity contribution in [2.24, 2.45) is 0 Å². The molecular weight excluding hydrogens is 200 g/mol. The molecule has 0 saturated heterocycles. The largest absolute Gasteiger partial charge is 0.475 e. The molecule has 0 aliphatic heterocycles. The van der Waals surface area contributed by atoms with Gasteiger partial charge in [0.25, 0.3) is 5.78 Å². The molecule has 1 N–H and O–H groups in total. The van der Waals surface area contributed by atoms with Crippen LogP contribution in [0.4, 0.5) is 0 Å². The summed E-state index contributed by atoms with van der Waals surface area (Å²) in [5.41, 5.74) is 0.287. The zero-order valence-corrected chi connectivity index (χ0v) is 7.89. The first kappa shape index (κ1) is 10.9. The van der Waals surface area contributed by atoms with Crippen LogP contribution < -0.4 is 0 Å². The second-order valence-electron chi connectivity index (χ2n) is 2.70. The number of aliphatic carboxylic acids is 1. The van der Waals surface area contributed by atoms with E-state index in [1.807, 2.05) is 0 Å². The minimum absolute atomic E-state index is 0.0233. The van der Waals surface area contributed by atoms with Gasteiger partial charge in [0.05, 0.1) is 12.7 Å². The van der Waals surface area contributed by atoms with E-state index in [9.17, 15) is 14.4 Å². The third-order valence-electron chi connectivity index (χ3n) is 1.76. The maximum atomic E-state index is 11.0. The third-order valence-corrected chi connectivity index (χ3v) is 1.76. The first-order valence-electron chi connectivity index (χ1n) is 4.02. The number of ketones is 1. The Hall–Kier alpha value is -2.17. The summed E-state index contributed by atoms with van der Waals surface area (Å²) in [6.45, 7) is 0. The van der Waals surface area contributed by atoms with Gasteiger partial charge in [0.2, 0.25) is 0 Å². The number of ether oxygens (including phenoxy) is 1. The molecule has 1 rings (SSSR count). The van der Waals surface area contributed by atoms with E-state index in [0.717, 1.165) is 0 Å². The first-order chi connectivity index (χ1) is 7.06. The van der Waals surface area contributed by atoms with Crippen LogP contribution in [0.1, 0.15) is 20.7 Å². The summed E-state index contributed by atoms with van der Waals surface area (Å²) in [5, 5.41) is 8.42. The van der Waals surface area contributed by atoms with Crippen molar-refractivity contribution >= 4 is 17.7 Å². The van der Waals surface area contributed by atoms with Crippen LogP contribution in [-0.2, 0) is 9.53 Å². The van der Waals surface area contributed by atoms with E-state index >= 15 is 0 Å². The van der Waals surface area contributed by atoms with Crippen LogP contribution in [0, 0.1) is 0 Å². The van der Waals surface area contributed by atoms with Crippen molar-refractivity contribution < 1.29 is 24.2 Å². The molecule has 0 radical (unpaired) electrons. The number of carboxylic acids is 1. The molecule has 0 saturated carbocycles. The van der Waals surface area contributed by atoms with Gasteiger partial charge in [0.15, 0.2) is 0 Å². The summed E-state index contributed by atoms with van der Waals surface area (Å²) in [6, 6.07) is 5.20. The number of hydrogen-bond donors (Lipinski definition) is 1. The van der Waals surface area contributed by atoms with Gasteiger partial charge in [-0.2, -0.15) is 0 Å². The molecule has 0 fully saturated rings. The maximum absolute atomic E-state index is 11.0. The fourth-order valence-electron chi connectivity index (χ4n) is 0.999. The third kappa shape index (κ3) is 2.40. The molecule has 78 valence electrons. The quantitative estimate of drug-likeness (QED) is 0.450. The van der Waals surface area contributed by atoms with E-state index in [2.05, 4.69) is 4.74 Å². The van der Waals surface area contributed by atoms with Crippen molar-refractivity contribution in [1.29, 1.82) is 0 Å². The van der Waals surface area contributed by atoms with Crippen molar-refractivity contribution in [3.63, 3.8) is 0 Å². The van der Waals surface area contributed by atoms with Crippen LogP contribution >= 0.6 is 0 Å². The monoisotopic (exact) mass is 208 g/mol. The van der Waals surface area contributed by atoms with Crippen molar-refractivity contribution in [2.45, 2.75) is 0 Å². The molecule has 0 aromatic heterocycles. The van der Waals surface area contributed by atoms with Crippen molar-refractivity contribution in [2.75, 3.05) is 7.11 Å². The second kappa shape index (κ2) is 4.36. The van der Waals surface area contributed by atoms with E-state index in [0.29, 0.717) is 0 Å². The molecule has 0 unspecified atom stereocenters. The first-order valence-corrected chi connectivity index (χ1v) is 4.02. The van der Waals surface area contributed by atoms with Gasteiger partial charge in [0.1, 0.15) is 0 Å². The van der Waals surface area contributed by atoms with Gasteiger partial charge < -0.3 is 9.84 Å². The Morgan fingerprint density at radius 1 is 1.07 bits per heavy atom. The second-order valence-corrected chi connectivity index (χ2v) is 2.70. The molecule has 0 atom stereocenters. The number of carboxylic acid groups (broad SMARTS) is 1. The highest BCUT2D eigenvalue weighted by atomic mass is 16.5. The smallest absolute Gasteiger partial charge is 0.377 e. The minimum Gasteiger partial charge on any atom is -0.475 e. The zero-order chi connectivity index (χ0) is 11.4. The number of esters is 1. The normalized spacial score (nSPS) is 9.40. The Morgan fingerprint density at radius 3 is 1.93 bits per heavy atom. The van der Waals surface area contributed by atoms with E-state index < -0.39 is 17.7 Å². The SMILES string of the molecule is COC(=O)c1ccc(C(=O)C(=O)O)cc1. The Bertz CT molecular complexity index is 404. The Kier molecular flexibility index (Phi) is 3.17. The van der Waals surface area contributed by atoms with Crippen LogP contribution in [0.2, 0.25) is 0 Å². The summed E-state index contributed by atoms with van der Waals surface area (Å²) in [5.74, 6) is -3.07. The summed E-state index contributed by atoms with van der Waals surface area (Å²) in [6.07, 6.45) is 0. The highest BCUT2D eigenvalue weighted by molar-refractivity contribution is 6.39. The standard InChI is InChI=1S/C10H8O5/c1-15-10(14)7-4-2-6(3-5-7)8(11)9(12)13/h2-5H,1H3,(H,12,13). The van der Waals surface area contributed by atoms with Gasteiger partial charge in [-0.3, -0.25) is 4.79 Å². The average Bonchev–Trinajstić information content (AvgIpc) is 2.27. The highest BCUT2D eigenvalue weighted by Crippen LogP contribution is 2.06. The molecular formula is C10H8O5. The molecule has 1 aromatic rings. The van der Waals surface area contributed by atoms with Crippen LogP contribution in [0.25, 0.3) is 0 Å². The predicted octanol–water partition coefficient (Wildman–Crippen LogP) is 0.740. The highest BCUT2D eigenvalue weighted by Gasteiger charge is 2.14. The molecule has 0 amide bonds. The average molecular weight is 208 g/mol. The summed E-state index contributed by atoms with van der Waals surface area (Å²) >= 11 is 0. The van der Waals surface area contributed by atoms with E-state index in [-0.39, 0.29) is 11.1 Å². The van der Waals surface area contributed by atoms with Gasteiger partial charge in [0, 0.05) is 5.56 Å². The number of carbonyl (C=O) groups excluding carboxylic acids is 2. The van der Waals surface area contributed by atoms with Crippen molar-refractivity contribution in [1.82, 2.24) is 0 Å². The van der Waals surface area contributed by atoms with E-state index in [1.165, 1.54) is 31.4 Å². The Labute approximate surface area is 85.3 Å². The summed E-state index contributed by atoms with van der Waals surface area (Å²) < 4.78 is 4.44. The van der Waals surface area contributed by atoms with Crippen molar-refractivity contribution in [3.8, 4) is 0 Å². The van der Waals surface area contributed by atoms with E-state index in [1.54, 1.807) is 0 Å². The van der Waals surface area contributed by atoms with Gasteiger partial charge >= 0.3 is 11.9 Å². The predicted molar refractivity (Wildman–Crippen MR) is 49.7 cm³/mol. The lowest BCUT2D eigenvalue weighted by Gasteiger charge is -1.99. The number of methoxy groups -OCH3 is 1. The fraction of sp³-hybridized carbons (Fsp3) is 0.100. The molecule has 5 heteroatoms. The zero-order valence-electron chi connectivity index (χ0n) is 7.89. The molecule has 0 spiro atoms. The van der Waals surface area contributed by atoms with Crippen LogP contribution in [0.3, 0.4) is 0 Å². The molecule has 0 bridgehead atoms. The maximum Gasteiger partial charge on any atom is 0.377 e. The Balaban J connectivity index is 2.95. The molecule has 0 heterocycles. The van der Waals surface area contributed by atoms with Crippen LogP contribution in [-0.4, -0.2) is 29.9 Å². The number of rotatable bonds is 3. The lowest BCUT2D eigenvalue weighted by atomic mass is 10.1. The van der Waals surface area contributed by atoms with Gasteiger partial charge in [-0.1, -0.05) is 0 Å². The van der Waals surface area contributed by atoms with Crippen molar-refractivity contribution in [3.05, 3.63) is 35.4 Å². The number of benzene rings is 1. The lowest BCUT2D eigenvalue weighted by Crippen LogP contribution is -2.12. The summed E-state index contributed by atoms with van der Waals surface area (Å²) in [7, 11) is 1.23. The van der Waals surface area contributed by atoms with Crippen LogP contribution in [0.5, 0.6) is 0 Å². The number of hydrogen-bond acceptors (Lipinski definition) is 4. The number of carbonyl (C=O) groups is 3. The Morgan fingerprint density at radius 2 is 1.53 bits per heavy atom. The lowest BCUT2D eigenvalue weighted by molar-refractivity contribution is -0.131. The molecule has 15 heavy (non-hydrogen) atoms. The van der Waals surface area contributed by atoms with Gasteiger partial charge in [-0.05, 0) is 24.3 Å². The summed E-state index contributed by atoms with van der Waals surface area (Å²) in [4.78, 5) is 32.3. The molecule has 5 nitrogen and oxygen atoms in total.